The average molecular weight is 494 g/mol. The molecule has 182 valence electrons. The van der Waals surface area contributed by atoms with Crippen LogP contribution in [0.5, 0.6) is 5.75 Å². The normalized spacial score (nSPS) is 16.9. The summed E-state index contributed by atoms with van der Waals surface area (Å²) < 4.78 is 27.5. The minimum Gasteiger partial charge on any atom is -0.507 e. The van der Waals surface area contributed by atoms with Gasteiger partial charge >= 0.3 is 0 Å². The number of piperazine rings is 1. The SMILES string of the molecule is Cc1ccc(O)c(S(=O)(=O)N2CCN(C(=O)c3cc4ccccc4cc3NC(=O)C3CC3)CC2)c1. The maximum absolute atomic E-state index is 13.5. The third-order valence-electron chi connectivity index (χ3n) is 6.58. The lowest BCUT2D eigenvalue weighted by molar-refractivity contribution is -0.117. The average Bonchev–Trinajstić information content (AvgIpc) is 3.70. The minimum atomic E-state index is -3.90. The predicted octanol–water partition coefficient (Wildman–Crippen LogP) is 3.35. The molecule has 1 aliphatic carbocycles. The topological polar surface area (TPSA) is 107 Å². The summed E-state index contributed by atoms with van der Waals surface area (Å²) in [5, 5.41) is 14.9. The first kappa shape index (κ1) is 23.3. The summed E-state index contributed by atoms with van der Waals surface area (Å²) in [6, 6.07) is 15.7. The number of rotatable bonds is 5. The summed E-state index contributed by atoms with van der Waals surface area (Å²) in [6.07, 6.45) is 1.71. The van der Waals surface area contributed by atoms with Crippen LogP contribution >= 0.6 is 0 Å². The van der Waals surface area contributed by atoms with Gasteiger partial charge < -0.3 is 15.3 Å². The molecule has 1 saturated carbocycles. The molecule has 1 heterocycles. The fourth-order valence-corrected chi connectivity index (χ4v) is 5.96. The molecular formula is C26H27N3O5S. The summed E-state index contributed by atoms with van der Waals surface area (Å²) in [6.45, 7) is 2.39. The molecule has 2 N–H and O–H groups in total. The number of phenols is 1. The van der Waals surface area contributed by atoms with Gasteiger partial charge in [-0.1, -0.05) is 30.3 Å². The van der Waals surface area contributed by atoms with Gasteiger partial charge in [-0.15, -0.1) is 0 Å². The Morgan fingerprint density at radius 2 is 1.60 bits per heavy atom. The van der Waals surface area contributed by atoms with Gasteiger partial charge in [0.15, 0.2) is 0 Å². The van der Waals surface area contributed by atoms with Gasteiger partial charge in [-0.05, 0) is 60.4 Å². The Bertz CT molecular complexity index is 1420. The van der Waals surface area contributed by atoms with Crippen LogP contribution in [0.25, 0.3) is 10.8 Å². The van der Waals surface area contributed by atoms with E-state index in [1.807, 2.05) is 30.3 Å². The molecule has 0 bridgehead atoms. The smallest absolute Gasteiger partial charge is 0.256 e. The molecule has 0 spiro atoms. The lowest BCUT2D eigenvalue weighted by Gasteiger charge is -2.34. The van der Waals surface area contributed by atoms with Crippen LogP contribution in [0.3, 0.4) is 0 Å². The van der Waals surface area contributed by atoms with Gasteiger partial charge in [0.25, 0.3) is 5.91 Å². The Labute approximate surface area is 204 Å². The van der Waals surface area contributed by atoms with Crippen molar-refractivity contribution in [3.05, 3.63) is 65.7 Å². The summed E-state index contributed by atoms with van der Waals surface area (Å²) in [4.78, 5) is 27.5. The van der Waals surface area contributed by atoms with E-state index in [4.69, 9.17) is 0 Å². The molecule has 0 unspecified atom stereocenters. The second kappa shape index (κ2) is 8.98. The number of amides is 2. The van der Waals surface area contributed by atoms with Gasteiger partial charge in [0.1, 0.15) is 10.6 Å². The maximum Gasteiger partial charge on any atom is 0.256 e. The zero-order valence-corrected chi connectivity index (χ0v) is 20.2. The van der Waals surface area contributed by atoms with Crippen LogP contribution in [0.1, 0.15) is 28.8 Å². The van der Waals surface area contributed by atoms with E-state index < -0.39 is 10.0 Å². The Kier molecular flexibility index (Phi) is 5.98. The number of anilines is 1. The van der Waals surface area contributed by atoms with E-state index in [1.54, 1.807) is 24.0 Å². The molecule has 3 aromatic carbocycles. The molecule has 1 saturated heterocycles. The number of carbonyl (C=O) groups excluding carboxylic acids is 2. The molecule has 35 heavy (non-hydrogen) atoms. The van der Waals surface area contributed by atoms with E-state index in [-0.39, 0.29) is 54.6 Å². The van der Waals surface area contributed by atoms with Crippen molar-refractivity contribution in [3.8, 4) is 5.75 Å². The molecular weight excluding hydrogens is 466 g/mol. The number of aromatic hydroxyl groups is 1. The van der Waals surface area contributed by atoms with Crippen LogP contribution in [0.4, 0.5) is 5.69 Å². The molecule has 0 radical (unpaired) electrons. The lowest BCUT2D eigenvalue weighted by atomic mass is 10.0. The molecule has 2 aliphatic rings. The van der Waals surface area contributed by atoms with Crippen molar-refractivity contribution in [1.29, 1.82) is 0 Å². The van der Waals surface area contributed by atoms with Gasteiger partial charge in [0, 0.05) is 32.1 Å². The molecule has 0 atom stereocenters. The van der Waals surface area contributed by atoms with E-state index >= 15 is 0 Å². The van der Waals surface area contributed by atoms with E-state index in [0.717, 1.165) is 29.2 Å². The molecule has 2 amide bonds. The number of nitrogens with one attached hydrogen (secondary N) is 1. The second-order valence-corrected chi connectivity index (χ2v) is 11.1. The number of nitrogens with zero attached hydrogens (tertiary/aromatic N) is 2. The summed E-state index contributed by atoms with van der Waals surface area (Å²) >= 11 is 0. The number of benzene rings is 3. The number of fused-ring (bicyclic) bond motifs is 1. The van der Waals surface area contributed by atoms with Crippen molar-refractivity contribution in [1.82, 2.24) is 9.21 Å². The highest BCUT2D eigenvalue weighted by Crippen LogP contribution is 2.33. The highest BCUT2D eigenvalue weighted by Gasteiger charge is 2.34. The zero-order chi connectivity index (χ0) is 24.7. The Morgan fingerprint density at radius 1 is 0.943 bits per heavy atom. The lowest BCUT2D eigenvalue weighted by Crippen LogP contribution is -2.50. The van der Waals surface area contributed by atoms with Crippen LogP contribution in [0.2, 0.25) is 0 Å². The number of hydrogen-bond acceptors (Lipinski definition) is 5. The minimum absolute atomic E-state index is 0.00351. The fraction of sp³-hybridized carbons (Fsp3) is 0.308. The van der Waals surface area contributed by atoms with Crippen LogP contribution in [-0.4, -0.2) is 60.7 Å². The van der Waals surface area contributed by atoms with Crippen LogP contribution in [0, 0.1) is 12.8 Å². The Morgan fingerprint density at radius 3 is 2.26 bits per heavy atom. The van der Waals surface area contributed by atoms with E-state index in [1.165, 1.54) is 16.4 Å². The third kappa shape index (κ3) is 4.61. The van der Waals surface area contributed by atoms with Gasteiger partial charge in [-0.3, -0.25) is 9.59 Å². The third-order valence-corrected chi connectivity index (χ3v) is 8.51. The predicted molar refractivity (Wildman–Crippen MR) is 133 cm³/mol. The zero-order valence-electron chi connectivity index (χ0n) is 19.4. The number of hydrogen-bond donors (Lipinski definition) is 2. The van der Waals surface area contributed by atoms with Crippen molar-refractivity contribution in [2.24, 2.45) is 5.92 Å². The Hall–Kier alpha value is -3.43. The van der Waals surface area contributed by atoms with E-state index in [0.29, 0.717) is 11.3 Å². The molecule has 1 aliphatic heterocycles. The largest absolute Gasteiger partial charge is 0.507 e. The fourth-order valence-electron chi connectivity index (χ4n) is 4.37. The Balaban J connectivity index is 1.37. The van der Waals surface area contributed by atoms with Gasteiger partial charge in [-0.2, -0.15) is 4.31 Å². The van der Waals surface area contributed by atoms with Gasteiger partial charge in [0.05, 0.1) is 11.3 Å². The number of sulfonamides is 1. The van der Waals surface area contributed by atoms with Gasteiger partial charge in [-0.25, -0.2) is 8.42 Å². The molecule has 9 heteroatoms. The highest BCUT2D eigenvalue weighted by molar-refractivity contribution is 7.89. The van der Waals surface area contributed by atoms with Gasteiger partial charge in [0.2, 0.25) is 15.9 Å². The maximum atomic E-state index is 13.5. The monoisotopic (exact) mass is 493 g/mol. The van der Waals surface area contributed by atoms with Crippen molar-refractivity contribution >= 4 is 38.3 Å². The standard InChI is InChI=1S/C26H27N3O5S/c1-17-6-9-23(30)24(14-17)35(33,34)29-12-10-28(11-13-29)26(32)21-15-19-4-2-3-5-20(19)16-22(21)27-25(31)18-7-8-18/h2-6,9,14-16,18,30H,7-8,10-13H2,1H3,(H,27,31). The number of aryl methyl sites for hydroxylation is 1. The van der Waals surface area contributed by atoms with E-state index in [2.05, 4.69) is 5.32 Å². The molecule has 0 aromatic heterocycles. The van der Waals surface area contributed by atoms with Crippen LogP contribution < -0.4 is 5.32 Å². The first-order valence-electron chi connectivity index (χ1n) is 11.7. The summed E-state index contributed by atoms with van der Waals surface area (Å²) in [7, 11) is -3.90. The van der Waals surface area contributed by atoms with Crippen molar-refractivity contribution in [2.75, 3.05) is 31.5 Å². The van der Waals surface area contributed by atoms with Crippen molar-refractivity contribution < 1.29 is 23.1 Å². The van der Waals surface area contributed by atoms with Crippen molar-refractivity contribution in [3.63, 3.8) is 0 Å². The molecule has 3 aromatic rings. The number of phenolic OH excluding ortho intramolecular Hbond substituents is 1. The van der Waals surface area contributed by atoms with Crippen LogP contribution in [-0.2, 0) is 14.8 Å². The molecule has 8 nitrogen and oxygen atoms in total. The summed E-state index contributed by atoms with van der Waals surface area (Å²) in [5.41, 5.74) is 1.60. The molecule has 5 rings (SSSR count). The number of carbonyl (C=O) groups is 2. The molecule has 2 fully saturated rings. The van der Waals surface area contributed by atoms with Crippen molar-refractivity contribution in [2.45, 2.75) is 24.7 Å². The quantitative estimate of drug-likeness (QED) is 0.567. The van der Waals surface area contributed by atoms with E-state index in [9.17, 15) is 23.1 Å². The van der Waals surface area contributed by atoms with Crippen LogP contribution in [0.15, 0.2) is 59.5 Å². The first-order valence-corrected chi connectivity index (χ1v) is 13.1. The first-order chi connectivity index (χ1) is 16.7. The second-order valence-electron chi connectivity index (χ2n) is 9.18. The highest BCUT2D eigenvalue weighted by atomic mass is 32.2. The summed E-state index contributed by atoms with van der Waals surface area (Å²) in [5.74, 6) is -0.627.